The summed E-state index contributed by atoms with van der Waals surface area (Å²) in [6, 6.07) is 0. The van der Waals surface area contributed by atoms with E-state index in [1.807, 2.05) is 0 Å². The van der Waals surface area contributed by atoms with Crippen molar-refractivity contribution in [3.05, 3.63) is 10.1 Å². The van der Waals surface area contributed by atoms with Crippen LogP contribution in [0.25, 0.3) is 0 Å². The Morgan fingerprint density at radius 3 is 2.17 bits per heavy atom. The van der Waals surface area contributed by atoms with Crippen LogP contribution in [0.5, 0.6) is 0 Å². The number of hydrogen-bond acceptors (Lipinski definition) is 2. The van der Waals surface area contributed by atoms with Crippen molar-refractivity contribution >= 4 is 26.1 Å². The van der Waals surface area contributed by atoms with E-state index in [1.54, 1.807) is 8.61 Å². The van der Waals surface area contributed by atoms with Crippen molar-refractivity contribution in [2.45, 2.75) is 39.0 Å². The molecule has 2 heterocycles. The van der Waals surface area contributed by atoms with Gasteiger partial charge in [-0.1, -0.05) is 34.3 Å². The Labute approximate surface area is 118 Å². The third-order valence-electron chi connectivity index (χ3n) is 3.73. The van der Waals surface area contributed by atoms with E-state index >= 15 is 0 Å². The maximum Gasteiger partial charge on any atom is 0.282 e. The first kappa shape index (κ1) is 14.5. The van der Waals surface area contributed by atoms with Gasteiger partial charge in [0.05, 0.1) is 0 Å². The quantitative estimate of drug-likeness (QED) is 0.777. The highest BCUT2D eigenvalue weighted by molar-refractivity contribution is 9.11. The first-order chi connectivity index (χ1) is 8.51. The molecule has 0 aromatic carbocycles. The molecule has 2 aliphatic heterocycles. The maximum absolute atomic E-state index is 12.6. The minimum absolute atomic E-state index is 0.491. The highest BCUT2D eigenvalue weighted by Gasteiger charge is 2.32. The van der Waals surface area contributed by atoms with Crippen LogP contribution in [0.15, 0.2) is 10.1 Å². The smallest absolute Gasteiger partial charge is 0.195 e. The van der Waals surface area contributed by atoms with E-state index < -0.39 is 10.2 Å². The Morgan fingerprint density at radius 1 is 1.00 bits per heavy atom. The molecule has 1 fully saturated rings. The number of hydrogen-bond donors (Lipinski definition) is 0. The Hall–Kier alpha value is 0.0900. The number of halogens is 1. The van der Waals surface area contributed by atoms with Gasteiger partial charge in [-0.05, 0) is 26.2 Å². The molecule has 2 aliphatic rings. The van der Waals surface area contributed by atoms with Gasteiger partial charge in [0.25, 0.3) is 10.2 Å². The van der Waals surface area contributed by atoms with E-state index in [9.17, 15) is 8.42 Å². The van der Waals surface area contributed by atoms with Crippen molar-refractivity contribution in [1.82, 2.24) is 8.61 Å². The molecule has 0 saturated carbocycles. The average Bonchev–Trinajstić information content (AvgIpc) is 2.61. The predicted octanol–water partition coefficient (Wildman–Crippen LogP) is 2.48. The summed E-state index contributed by atoms with van der Waals surface area (Å²) in [5, 5.41) is 0. The SMILES string of the molecule is CC1=C(Br)CN(S(=O)(=O)N2CCCCCC2)CC1. The predicted molar refractivity (Wildman–Crippen MR) is 76.8 cm³/mol. The molecule has 0 bridgehead atoms. The minimum Gasteiger partial charge on any atom is -0.195 e. The first-order valence-corrected chi connectivity index (χ1v) is 8.80. The lowest BCUT2D eigenvalue weighted by Gasteiger charge is -2.32. The molecule has 0 atom stereocenters. The zero-order valence-electron chi connectivity index (χ0n) is 10.9. The van der Waals surface area contributed by atoms with Crippen LogP contribution < -0.4 is 0 Å². The van der Waals surface area contributed by atoms with Crippen LogP contribution in [0, 0.1) is 0 Å². The minimum atomic E-state index is -3.26. The lowest BCUT2D eigenvalue weighted by atomic mass is 10.1. The van der Waals surface area contributed by atoms with E-state index in [0.29, 0.717) is 26.2 Å². The summed E-state index contributed by atoms with van der Waals surface area (Å²) in [7, 11) is -3.26. The lowest BCUT2D eigenvalue weighted by molar-refractivity contribution is 0.348. The third-order valence-corrected chi connectivity index (χ3v) is 6.64. The second kappa shape index (κ2) is 6.03. The van der Waals surface area contributed by atoms with E-state index in [1.165, 1.54) is 5.57 Å². The number of nitrogens with zero attached hydrogens (tertiary/aromatic N) is 2. The molecule has 104 valence electrons. The fourth-order valence-corrected chi connectivity index (χ4v) is 4.76. The summed E-state index contributed by atoms with van der Waals surface area (Å²) in [4.78, 5) is 0. The van der Waals surface area contributed by atoms with Gasteiger partial charge in [0.1, 0.15) is 0 Å². The largest absolute Gasteiger partial charge is 0.282 e. The molecule has 4 nitrogen and oxygen atoms in total. The molecule has 0 aliphatic carbocycles. The zero-order chi connectivity index (χ0) is 13.2. The molecule has 18 heavy (non-hydrogen) atoms. The Balaban J connectivity index is 2.11. The summed E-state index contributed by atoms with van der Waals surface area (Å²) < 4.78 is 29.4. The van der Waals surface area contributed by atoms with Crippen LogP contribution in [0.4, 0.5) is 0 Å². The van der Waals surface area contributed by atoms with Crippen LogP contribution in [0.1, 0.15) is 39.0 Å². The number of rotatable bonds is 2. The molecule has 6 heteroatoms. The lowest BCUT2D eigenvalue weighted by Crippen LogP contribution is -2.46. The third kappa shape index (κ3) is 3.15. The Morgan fingerprint density at radius 2 is 1.61 bits per heavy atom. The normalized spacial score (nSPS) is 25.2. The van der Waals surface area contributed by atoms with Gasteiger partial charge in [0, 0.05) is 30.7 Å². The van der Waals surface area contributed by atoms with E-state index in [0.717, 1.165) is 36.6 Å². The summed E-state index contributed by atoms with van der Waals surface area (Å²) in [6.45, 7) is 4.52. The van der Waals surface area contributed by atoms with Crippen molar-refractivity contribution < 1.29 is 8.42 Å². The van der Waals surface area contributed by atoms with Crippen LogP contribution in [-0.4, -0.2) is 43.2 Å². The van der Waals surface area contributed by atoms with Crippen LogP contribution in [0.3, 0.4) is 0 Å². The zero-order valence-corrected chi connectivity index (χ0v) is 13.3. The van der Waals surface area contributed by atoms with E-state index in [2.05, 4.69) is 22.9 Å². The van der Waals surface area contributed by atoms with Gasteiger partial charge in [-0.3, -0.25) is 0 Å². The molecule has 0 spiro atoms. The molecule has 0 N–H and O–H groups in total. The van der Waals surface area contributed by atoms with Gasteiger partial charge in [-0.25, -0.2) is 0 Å². The Kier molecular flexibility index (Phi) is 4.86. The summed E-state index contributed by atoms with van der Waals surface area (Å²) in [6.07, 6.45) is 5.10. The first-order valence-electron chi connectivity index (χ1n) is 6.61. The molecule has 0 aromatic rings. The molecule has 0 amide bonds. The summed E-state index contributed by atoms with van der Waals surface area (Å²) in [5.41, 5.74) is 1.26. The van der Waals surface area contributed by atoms with E-state index in [-0.39, 0.29) is 0 Å². The summed E-state index contributed by atoms with van der Waals surface area (Å²) >= 11 is 3.48. The fourth-order valence-electron chi connectivity index (χ4n) is 2.43. The monoisotopic (exact) mass is 336 g/mol. The van der Waals surface area contributed by atoms with Crippen molar-refractivity contribution in [1.29, 1.82) is 0 Å². The summed E-state index contributed by atoms with van der Waals surface area (Å²) in [5.74, 6) is 0. The molecule has 1 saturated heterocycles. The van der Waals surface area contributed by atoms with E-state index in [4.69, 9.17) is 0 Å². The molecule has 0 aromatic heterocycles. The van der Waals surface area contributed by atoms with Gasteiger partial charge < -0.3 is 0 Å². The molecule has 2 rings (SSSR count). The highest BCUT2D eigenvalue weighted by Crippen LogP contribution is 2.26. The van der Waals surface area contributed by atoms with Gasteiger partial charge in [-0.15, -0.1) is 0 Å². The van der Waals surface area contributed by atoms with Crippen molar-refractivity contribution in [3.8, 4) is 0 Å². The van der Waals surface area contributed by atoms with Crippen molar-refractivity contribution in [2.75, 3.05) is 26.2 Å². The molecule has 0 radical (unpaired) electrons. The second-order valence-corrected chi connectivity index (χ2v) is 7.98. The standard InChI is InChI=1S/C12H21BrN2O2S/c1-11-6-9-15(10-12(11)13)18(16,17)14-7-4-2-3-5-8-14/h2-10H2,1H3. The average molecular weight is 337 g/mol. The van der Waals surface area contributed by atoms with Gasteiger partial charge in [0.15, 0.2) is 0 Å². The van der Waals surface area contributed by atoms with Gasteiger partial charge in [-0.2, -0.15) is 17.0 Å². The fraction of sp³-hybridized carbons (Fsp3) is 0.833. The Bertz CT molecular complexity index is 425. The molecular weight excluding hydrogens is 316 g/mol. The van der Waals surface area contributed by atoms with Crippen LogP contribution in [-0.2, 0) is 10.2 Å². The van der Waals surface area contributed by atoms with Crippen molar-refractivity contribution in [3.63, 3.8) is 0 Å². The molecular formula is C12H21BrN2O2S. The van der Waals surface area contributed by atoms with Gasteiger partial charge >= 0.3 is 0 Å². The maximum atomic E-state index is 12.6. The second-order valence-electron chi connectivity index (χ2n) is 5.09. The molecule has 0 unspecified atom stereocenters. The topological polar surface area (TPSA) is 40.6 Å². The van der Waals surface area contributed by atoms with Gasteiger partial charge in [0.2, 0.25) is 0 Å². The van der Waals surface area contributed by atoms with Crippen LogP contribution >= 0.6 is 15.9 Å². The van der Waals surface area contributed by atoms with Crippen LogP contribution in [0.2, 0.25) is 0 Å². The highest BCUT2D eigenvalue weighted by atomic mass is 79.9. The van der Waals surface area contributed by atoms with Crippen molar-refractivity contribution in [2.24, 2.45) is 0 Å².